The van der Waals surface area contributed by atoms with Gasteiger partial charge in [-0.2, -0.15) is 0 Å². The molecule has 3 unspecified atom stereocenters. The van der Waals surface area contributed by atoms with Gasteiger partial charge in [0.15, 0.2) is 0 Å². The van der Waals surface area contributed by atoms with Gasteiger partial charge in [-0.1, -0.05) is 19.8 Å². The van der Waals surface area contributed by atoms with Gasteiger partial charge in [-0.05, 0) is 43.4 Å². The second-order valence-corrected chi connectivity index (χ2v) is 6.28. The van der Waals surface area contributed by atoms with Gasteiger partial charge in [-0.3, -0.25) is 0 Å². The zero-order valence-corrected chi connectivity index (χ0v) is 12.4. The first kappa shape index (κ1) is 13.7. The topological polar surface area (TPSA) is 38.7 Å². The van der Waals surface area contributed by atoms with E-state index >= 15 is 0 Å². The van der Waals surface area contributed by atoms with E-state index in [1.54, 1.807) is 7.11 Å². The predicted molar refractivity (Wildman–Crippen MR) is 78.2 cm³/mol. The van der Waals surface area contributed by atoms with Crippen molar-refractivity contribution in [3.05, 3.63) is 23.8 Å². The molecule has 0 aromatic heterocycles. The van der Waals surface area contributed by atoms with Gasteiger partial charge in [-0.15, -0.1) is 0 Å². The molecule has 3 heteroatoms. The first-order valence-corrected chi connectivity index (χ1v) is 7.71. The van der Waals surface area contributed by atoms with E-state index in [1.807, 2.05) is 18.2 Å². The minimum absolute atomic E-state index is 0.153. The van der Waals surface area contributed by atoms with Gasteiger partial charge in [0.25, 0.3) is 0 Å². The molecular weight excluding hydrogens is 252 g/mol. The quantitative estimate of drug-likeness (QED) is 0.891. The van der Waals surface area contributed by atoms with Gasteiger partial charge in [0, 0.05) is 12.0 Å². The molecule has 1 spiro atoms. The highest BCUT2D eigenvalue weighted by atomic mass is 16.5. The first-order chi connectivity index (χ1) is 9.65. The predicted octanol–water partition coefficient (Wildman–Crippen LogP) is 3.85. The number of aliphatic hydroxyl groups is 1. The van der Waals surface area contributed by atoms with Crippen LogP contribution in [0.5, 0.6) is 11.5 Å². The first-order valence-electron chi connectivity index (χ1n) is 7.71. The monoisotopic (exact) mass is 276 g/mol. The highest BCUT2D eigenvalue weighted by molar-refractivity contribution is 5.43. The summed E-state index contributed by atoms with van der Waals surface area (Å²) in [5.41, 5.74) is 0.716. The average Bonchev–Trinajstić information content (AvgIpc) is 2.47. The third-order valence-electron chi connectivity index (χ3n) is 4.95. The summed E-state index contributed by atoms with van der Waals surface area (Å²) in [6.45, 7) is 2.25. The Kier molecular flexibility index (Phi) is 3.63. The molecule has 1 aromatic rings. The summed E-state index contributed by atoms with van der Waals surface area (Å²) in [5.74, 6) is 2.34. The van der Waals surface area contributed by atoms with Gasteiger partial charge in [0.2, 0.25) is 0 Å². The van der Waals surface area contributed by atoms with Crippen LogP contribution in [0, 0.1) is 5.92 Å². The Morgan fingerprint density at radius 3 is 3.00 bits per heavy atom. The summed E-state index contributed by atoms with van der Waals surface area (Å²) in [5, 5.41) is 10.5. The zero-order valence-electron chi connectivity index (χ0n) is 12.4. The number of aliphatic hydroxyl groups excluding tert-OH is 1. The largest absolute Gasteiger partial charge is 0.497 e. The van der Waals surface area contributed by atoms with E-state index in [0.717, 1.165) is 35.8 Å². The Balaban J connectivity index is 1.88. The smallest absolute Gasteiger partial charge is 0.126 e. The number of benzene rings is 1. The number of ether oxygens (including phenoxy) is 2. The van der Waals surface area contributed by atoms with Gasteiger partial charge >= 0.3 is 0 Å². The molecule has 0 amide bonds. The molecule has 1 aliphatic carbocycles. The number of hydrogen-bond donors (Lipinski definition) is 1. The standard InChI is InChI=1S/C17H24O3/c1-3-12-5-4-8-17(10-12)11-15(18)14-9-13(19-2)6-7-16(14)20-17/h6-7,9,12,15,18H,3-5,8,10-11H2,1-2H3. The Morgan fingerprint density at radius 2 is 2.25 bits per heavy atom. The summed E-state index contributed by atoms with van der Waals surface area (Å²) in [4.78, 5) is 0. The van der Waals surface area contributed by atoms with E-state index in [-0.39, 0.29) is 5.60 Å². The minimum atomic E-state index is -0.440. The average molecular weight is 276 g/mol. The van der Waals surface area contributed by atoms with E-state index in [1.165, 1.54) is 19.3 Å². The molecule has 0 saturated heterocycles. The van der Waals surface area contributed by atoms with Crippen LogP contribution in [0.3, 0.4) is 0 Å². The number of fused-ring (bicyclic) bond motifs is 1. The van der Waals surface area contributed by atoms with E-state index in [0.29, 0.717) is 6.42 Å². The molecule has 1 fully saturated rings. The molecule has 3 atom stereocenters. The van der Waals surface area contributed by atoms with Crippen molar-refractivity contribution in [2.45, 2.75) is 57.2 Å². The van der Waals surface area contributed by atoms with Crippen LogP contribution in [0.2, 0.25) is 0 Å². The number of rotatable bonds is 2. The van der Waals surface area contributed by atoms with E-state index in [4.69, 9.17) is 9.47 Å². The SMILES string of the molecule is CCC1CCCC2(C1)CC(O)c1cc(OC)ccc1O2. The Morgan fingerprint density at radius 1 is 1.40 bits per heavy atom. The van der Waals surface area contributed by atoms with Crippen LogP contribution in [0.4, 0.5) is 0 Å². The lowest BCUT2D eigenvalue weighted by atomic mass is 9.72. The van der Waals surface area contributed by atoms with Crippen LogP contribution in [-0.2, 0) is 0 Å². The molecule has 20 heavy (non-hydrogen) atoms. The fraction of sp³-hybridized carbons (Fsp3) is 0.647. The molecule has 1 aliphatic heterocycles. The molecule has 2 aliphatic rings. The molecule has 0 radical (unpaired) electrons. The molecule has 1 N–H and O–H groups in total. The summed E-state index contributed by atoms with van der Waals surface area (Å²) in [6.07, 6.45) is 6.12. The lowest BCUT2D eigenvalue weighted by Gasteiger charge is -2.45. The van der Waals surface area contributed by atoms with Crippen LogP contribution in [0.15, 0.2) is 18.2 Å². The van der Waals surface area contributed by atoms with Gasteiger partial charge in [0.05, 0.1) is 13.2 Å². The lowest BCUT2D eigenvalue weighted by molar-refractivity contribution is -0.0522. The normalized spacial score (nSPS) is 32.5. The van der Waals surface area contributed by atoms with Crippen molar-refractivity contribution in [3.8, 4) is 11.5 Å². The summed E-state index contributed by atoms with van der Waals surface area (Å²) in [6, 6.07) is 5.74. The second-order valence-electron chi connectivity index (χ2n) is 6.28. The Hall–Kier alpha value is -1.22. The number of hydrogen-bond acceptors (Lipinski definition) is 3. The van der Waals surface area contributed by atoms with Gasteiger partial charge < -0.3 is 14.6 Å². The second kappa shape index (κ2) is 5.28. The maximum atomic E-state index is 10.5. The van der Waals surface area contributed by atoms with E-state index in [9.17, 15) is 5.11 Å². The van der Waals surface area contributed by atoms with Crippen LogP contribution in [0.1, 0.15) is 57.1 Å². The maximum Gasteiger partial charge on any atom is 0.126 e. The fourth-order valence-electron chi connectivity index (χ4n) is 3.81. The molecule has 0 bridgehead atoms. The van der Waals surface area contributed by atoms with Crippen molar-refractivity contribution in [2.24, 2.45) is 5.92 Å². The molecule has 110 valence electrons. The molecule has 1 heterocycles. The summed E-state index contributed by atoms with van der Waals surface area (Å²) < 4.78 is 11.6. The highest BCUT2D eigenvalue weighted by Gasteiger charge is 2.43. The van der Waals surface area contributed by atoms with Crippen molar-refractivity contribution >= 4 is 0 Å². The van der Waals surface area contributed by atoms with Crippen LogP contribution in [-0.4, -0.2) is 17.8 Å². The third-order valence-corrected chi connectivity index (χ3v) is 4.95. The molecular formula is C17H24O3. The summed E-state index contributed by atoms with van der Waals surface area (Å²) >= 11 is 0. The lowest BCUT2D eigenvalue weighted by Crippen LogP contribution is -2.45. The van der Waals surface area contributed by atoms with Crippen LogP contribution < -0.4 is 9.47 Å². The van der Waals surface area contributed by atoms with Gasteiger partial charge in [0.1, 0.15) is 17.1 Å². The van der Waals surface area contributed by atoms with Gasteiger partial charge in [-0.25, -0.2) is 0 Å². The molecule has 3 rings (SSSR count). The van der Waals surface area contributed by atoms with Crippen LogP contribution in [0.25, 0.3) is 0 Å². The van der Waals surface area contributed by atoms with Crippen molar-refractivity contribution in [3.63, 3.8) is 0 Å². The van der Waals surface area contributed by atoms with Crippen molar-refractivity contribution in [1.82, 2.24) is 0 Å². The van der Waals surface area contributed by atoms with Crippen LogP contribution >= 0.6 is 0 Å². The maximum absolute atomic E-state index is 10.5. The minimum Gasteiger partial charge on any atom is -0.497 e. The van der Waals surface area contributed by atoms with Crippen molar-refractivity contribution in [1.29, 1.82) is 0 Å². The van der Waals surface area contributed by atoms with Crippen molar-refractivity contribution in [2.75, 3.05) is 7.11 Å². The van der Waals surface area contributed by atoms with E-state index in [2.05, 4.69) is 6.92 Å². The summed E-state index contributed by atoms with van der Waals surface area (Å²) in [7, 11) is 1.65. The molecule has 1 aromatic carbocycles. The number of methoxy groups -OCH3 is 1. The molecule has 3 nitrogen and oxygen atoms in total. The third kappa shape index (κ3) is 2.39. The highest BCUT2D eigenvalue weighted by Crippen LogP contribution is 2.48. The van der Waals surface area contributed by atoms with E-state index < -0.39 is 6.10 Å². The zero-order chi connectivity index (χ0) is 14.2. The molecule has 1 saturated carbocycles. The Labute approximate surface area is 120 Å². The Bertz CT molecular complexity index is 485. The van der Waals surface area contributed by atoms with Crippen molar-refractivity contribution < 1.29 is 14.6 Å². The fourth-order valence-corrected chi connectivity index (χ4v) is 3.81.